The first-order chi connectivity index (χ1) is 14.7. The van der Waals surface area contributed by atoms with Crippen LogP contribution in [0.15, 0.2) is 29.1 Å². The van der Waals surface area contributed by atoms with Gasteiger partial charge in [-0.05, 0) is 25.0 Å². The summed E-state index contributed by atoms with van der Waals surface area (Å²) in [5, 5.41) is 4.97. The molecule has 0 spiro atoms. The number of H-pyrrole nitrogens is 1. The van der Waals surface area contributed by atoms with Gasteiger partial charge < -0.3 is 20.3 Å². The Balaban J connectivity index is 1.59. The van der Waals surface area contributed by atoms with Crippen LogP contribution in [0.4, 0.5) is 30.6 Å². The van der Waals surface area contributed by atoms with Crippen LogP contribution in [0.3, 0.4) is 0 Å². The molecule has 9 nitrogen and oxygen atoms in total. The van der Waals surface area contributed by atoms with Gasteiger partial charge in [0.05, 0.1) is 11.5 Å². The van der Waals surface area contributed by atoms with Gasteiger partial charge in [0.2, 0.25) is 17.8 Å². The van der Waals surface area contributed by atoms with Crippen LogP contribution in [-0.2, 0) is 9.59 Å². The molecule has 4 rings (SSSR count). The highest BCUT2D eigenvalue weighted by molar-refractivity contribution is 6.04. The fraction of sp³-hybridized carbons (Fsp3) is 0.368. The topological polar surface area (TPSA) is 116 Å². The molecule has 2 aliphatic heterocycles. The van der Waals surface area contributed by atoms with Crippen LogP contribution in [0.1, 0.15) is 30.7 Å². The average Bonchev–Trinajstić information content (AvgIpc) is 3.20. The molecule has 12 heteroatoms. The van der Waals surface area contributed by atoms with E-state index in [-0.39, 0.29) is 23.5 Å². The monoisotopic (exact) mass is 437 g/mol. The molecule has 0 bridgehead atoms. The minimum atomic E-state index is -4.88. The Morgan fingerprint density at radius 3 is 2.68 bits per heavy atom. The molecule has 2 aromatic rings. The molecule has 1 aromatic heterocycles. The lowest BCUT2D eigenvalue weighted by atomic mass is 9.92. The first-order valence-corrected chi connectivity index (χ1v) is 9.55. The van der Waals surface area contributed by atoms with Crippen LogP contribution >= 0.6 is 0 Å². The van der Waals surface area contributed by atoms with Gasteiger partial charge in [-0.1, -0.05) is 6.07 Å². The van der Waals surface area contributed by atoms with Gasteiger partial charge in [-0.2, -0.15) is 4.98 Å². The smallest absolute Gasteiger partial charge is 0.406 e. The predicted molar refractivity (Wildman–Crippen MR) is 104 cm³/mol. The summed E-state index contributed by atoms with van der Waals surface area (Å²) in [5.74, 6) is -2.55. The van der Waals surface area contributed by atoms with E-state index in [1.807, 2.05) is 4.90 Å². The second-order valence-electron chi connectivity index (χ2n) is 7.22. The number of fused-ring (bicyclic) bond motifs is 1. The van der Waals surface area contributed by atoms with E-state index in [4.69, 9.17) is 0 Å². The molecule has 3 heterocycles. The maximum absolute atomic E-state index is 12.8. The van der Waals surface area contributed by atoms with Crippen molar-refractivity contribution < 1.29 is 27.5 Å². The Bertz CT molecular complexity index is 1080. The molecule has 0 aliphatic carbocycles. The van der Waals surface area contributed by atoms with Crippen LogP contribution in [0.2, 0.25) is 0 Å². The Kier molecular flexibility index (Phi) is 5.29. The minimum Gasteiger partial charge on any atom is -0.406 e. The van der Waals surface area contributed by atoms with Gasteiger partial charge in [0, 0.05) is 31.3 Å². The van der Waals surface area contributed by atoms with Crippen LogP contribution in [-0.4, -0.2) is 41.2 Å². The number of carbonyl (C=O) groups excluding carboxylic acids is 2. The summed E-state index contributed by atoms with van der Waals surface area (Å²) in [6.45, 7) is 1.44. The Labute approximate surface area is 173 Å². The molecule has 164 valence electrons. The van der Waals surface area contributed by atoms with Gasteiger partial charge in [-0.15, -0.1) is 13.2 Å². The van der Waals surface area contributed by atoms with E-state index >= 15 is 0 Å². The standard InChI is InChI=1S/C19H18F3N5O4/c20-19(21,22)31-11-5-3-4-10(8-11)23-16(29)12-9-13(28)24-15-14(12)17(30)26-18(25-15)27-6-1-2-7-27/h3-5,8,12H,1-2,6-7,9H2,(H,23,29)(H2,24,25,26,28,30). The van der Waals surface area contributed by atoms with Crippen LogP contribution in [0.25, 0.3) is 0 Å². The molecule has 0 radical (unpaired) electrons. The number of hydrogen-bond acceptors (Lipinski definition) is 6. The highest BCUT2D eigenvalue weighted by Crippen LogP contribution is 2.31. The van der Waals surface area contributed by atoms with E-state index in [2.05, 4.69) is 25.3 Å². The summed E-state index contributed by atoms with van der Waals surface area (Å²) in [4.78, 5) is 46.5. The Hall–Kier alpha value is -3.57. The number of aromatic amines is 1. The van der Waals surface area contributed by atoms with E-state index in [1.165, 1.54) is 12.1 Å². The summed E-state index contributed by atoms with van der Waals surface area (Å²) in [5.41, 5.74) is -0.527. The number of rotatable bonds is 4. The fourth-order valence-corrected chi connectivity index (χ4v) is 3.66. The van der Waals surface area contributed by atoms with Crippen molar-refractivity contribution in [2.75, 3.05) is 28.6 Å². The van der Waals surface area contributed by atoms with E-state index in [0.29, 0.717) is 5.95 Å². The first kappa shape index (κ1) is 20.7. The lowest BCUT2D eigenvalue weighted by Crippen LogP contribution is -2.37. The van der Waals surface area contributed by atoms with Gasteiger partial charge in [0.1, 0.15) is 11.6 Å². The predicted octanol–water partition coefficient (Wildman–Crippen LogP) is 2.33. The Morgan fingerprint density at radius 1 is 1.23 bits per heavy atom. The second kappa shape index (κ2) is 7.93. The molecule has 2 amide bonds. The van der Waals surface area contributed by atoms with Crippen molar-refractivity contribution >= 4 is 29.3 Å². The SMILES string of the molecule is O=C1CC(C(=O)Nc2cccc(OC(F)(F)F)c2)c2c(nc(N3CCCC3)[nH]c2=O)N1. The van der Waals surface area contributed by atoms with Crippen LogP contribution in [0.5, 0.6) is 5.75 Å². The number of nitrogens with one attached hydrogen (secondary N) is 3. The highest BCUT2D eigenvalue weighted by Gasteiger charge is 2.35. The van der Waals surface area contributed by atoms with Crippen molar-refractivity contribution in [3.05, 3.63) is 40.2 Å². The molecule has 1 unspecified atom stereocenters. The van der Waals surface area contributed by atoms with Gasteiger partial charge >= 0.3 is 6.36 Å². The zero-order valence-corrected chi connectivity index (χ0v) is 16.1. The summed E-state index contributed by atoms with van der Waals surface area (Å²) in [6.07, 6.45) is -3.27. The van der Waals surface area contributed by atoms with E-state index in [9.17, 15) is 27.6 Å². The van der Waals surface area contributed by atoms with Crippen LogP contribution in [0, 0.1) is 0 Å². The van der Waals surface area contributed by atoms with Crippen LogP contribution < -0.4 is 25.8 Å². The molecular weight excluding hydrogens is 419 g/mol. The summed E-state index contributed by atoms with van der Waals surface area (Å²) in [6, 6.07) is 4.72. The molecule has 2 aliphatic rings. The summed E-state index contributed by atoms with van der Waals surface area (Å²) >= 11 is 0. The summed E-state index contributed by atoms with van der Waals surface area (Å²) < 4.78 is 41.1. The highest BCUT2D eigenvalue weighted by atomic mass is 19.4. The third-order valence-corrected chi connectivity index (χ3v) is 5.00. The van der Waals surface area contributed by atoms with Gasteiger partial charge in [0.25, 0.3) is 5.56 Å². The number of aromatic nitrogens is 2. The second-order valence-corrected chi connectivity index (χ2v) is 7.22. The lowest BCUT2D eigenvalue weighted by molar-refractivity contribution is -0.274. The number of nitrogens with zero attached hydrogens (tertiary/aromatic N) is 2. The summed E-state index contributed by atoms with van der Waals surface area (Å²) in [7, 11) is 0. The zero-order valence-electron chi connectivity index (χ0n) is 16.1. The largest absolute Gasteiger partial charge is 0.573 e. The molecule has 31 heavy (non-hydrogen) atoms. The number of ether oxygens (including phenoxy) is 1. The molecule has 3 N–H and O–H groups in total. The quantitative estimate of drug-likeness (QED) is 0.676. The zero-order chi connectivity index (χ0) is 22.2. The molecule has 1 fully saturated rings. The van der Waals surface area contributed by atoms with Crippen molar-refractivity contribution in [3.63, 3.8) is 0 Å². The van der Waals surface area contributed by atoms with Gasteiger partial charge in [-0.25, -0.2) is 0 Å². The van der Waals surface area contributed by atoms with Gasteiger partial charge in [0.15, 0.2) is 0 Å². The first-order valence-electron chi connectivity index (χ1n) is 9.55. The molecular formula is C19H18F3N5O4. The van der Waals surface area contributed by atoms with Crippen molar-refractivity contribution in [2.45, 2.75) is 31.5 Å². The maximum Gasteiger partial charge on any atom is 0.573 e. The number of amides is 2. The number of benzene rings is 1. The molecule has 1 saturated heterocycles. The number of anilines is 3. The number of halogens is 3. The molecule has 0 saturated carbocycles. The van der Waals surface area contributed by atoms with Crippen molar-refractivity contribution in [1.82, 2.24) is 9.97 Å². The van der Waals surface area contributed by atoms with E-state index < -0.39 is 35.4 Å². The minimum absolute atomic E-state index is 0.00254. The lowest BCUT2D eigenvalue weighted by Gasteiger charge is -2.25. The normalized spacial score (nSPS) is 18.4. The number of hydrogen-bond donors (Lipinski definition) is 3. The molecule has 1 aromatic carbocycles. The van der Waals surface area contributed by atoms with Crippen molar-refractivity contribution in [2.24, 2.45) is 0 Å². The fourth-order valence-electron chi connectivity index (χ4n) is 3.66. The third-order valence-electron chi connectivity index (χ3n) is 5.00. The van der Waals surface area contributed by atoms with E-state index in [1.54, 1.807) is 0 Å². The van der Waals surface area contributed by atoms with E-state index in [0.717, 1.165) is 38.1 Å². The van der Waals surface area contributed by atoms with Crippen molar-refractivity contribution in [1.29, 1.82) is 0 Å². The third kappa shape index (κ3) is 4.62. The number of carbonyl (C=O) groups is 2. The van der Waals surface area contributed by atoms with Crippen molar-refractivity contribution in [3.8, 4) is 5.75 Å². The van der Waals surface area contributed by atoms with Gasteiger partial charge in [-0.3, -0.25) is 19.4 Å². The Morgan fingerprint density at radius 2 is 1.97 bits per heavy atom. The molecule has 1 atom stereocenters. The maximum atomic E-state index is 12.8. The average molecular weight is 437 g/mol. The number of alkyl halides is 3.